The van der Waals surface area contributed by atoms with Gasteiger partial charge in [-0.1, -0.05) is 133 Å². The molecule has 0 spiro atoms. The van der Waals surface area contributed by atoms with Gasteiger partial charge < -0.3 is 89.9 Å². The van der Waals surface area contributed by atoms with E-state index in [1.807, 2.05) is 97.1 Å². The molecule has 6 fully saturated rings. The summed E-state index contributed by atoms with van der Waals surface area (Å²) in [5, 5.41) is 52.5. The zero-order valence-corrected chi connectivity index (χ0v) is 66.0. The number of ether oxygens (including phenoxy) is 9. The third-order valence-corrected chi connectivity index (χ3v) is 20.3. The molecule has 6 aromatic carbocycles. The number of carbonyl (C=O) groups excluding carboxylic acids is 6. The van der Waals surface area contributed by atoms with Gasteiger partial charge in [-0.2, -0.15) is 0 Å². The predicted molar refractivity (Wildman–Crippen MR) is 439 cm³/mol. The van der Waals surface area contributed by atoms with Gasteiger partial charge in [0.1, 0.15) is 55.6 Å². The van der Waals surface area contributed by atoms with Crippen molar-refractivity contribution in [1.29, 1.82) is 0 Å². The van der Waals surface area contributed by atoms with Crippen LogP contribution < -0.4 is 47.9 Å². The van der Waals surface area contributed by atoms with Crippen molar-refractivity contribution in [1.82, 2.24) is 74.5 Å². The van der Waals surface area contributed by atoms with E-state index in [-0.39, 0.29) is 51.2 Å². The first-order valence-electron chi connectivity index (χ1n) is 39.1. The highest BCUT2D eigenvalue weighted by Crippen LogP contribution is 2.48. The van der Waals surface area contributed by atoms with Crippen molar-refractivity contribution in [2.24, 2.45) is 0 Å². The molecule has 6 aliphatic rings. The lowest BCUT2D eigenvalue weighted by Crippen LogP contribution is -2.38. The minimum absolute atomic E-state index is 0.0675. The van der Waals surface area contributed by atoms with E-state index in [4.69, 9.17) is 42.6 Å². The van der Waals surface area contributed by atoms with Crippen LogP contribution in [0.25, 0.3) is 39.6 Å². The van der Waals surface area contributed by atoms with E-state index in [0.717, 1.165) is 16.7 Å². The maximum absolute atomic E-state index is 13.5. The third kappa shape index (κ3) is 17.8. The molecule has 6 aromatic heterocycles. The van der Waals surface area contributed by atoms with E-state index in [9.17, 15) is 58.5 Å². The zero-order valence-electron chi connectivity index (χ0n) is 66.0. The summed E-state index contributed by atoms with van der Waals surface area (Å²) in [4.78, 5) is 151. The van der Waals surface area contributed by atoms with Crippen molar-refractivity contribution < 1.29 is 101 Å². The summed E-state index contributed by atoms with van der Waals surface area (Å²) in [6.07, 6.45) is -1.69. The maximum Gasteiger partial charge on any atom is 0.337 e. The smallest absolute Gasteiger partial charge is 0.337 e. The lowest BCUT2D eigenvalue weighted by atomic mass is 10.1. The number of para-hydroxylation sites is 3. The Morgan fingerprint density at radius 2 is 0.640 bits per heavy atom. The van der Waals surface area contributed by atoms with Crippen LogP contribution in [0.3, 0.4) is 0 Å². The fourth-order valence-corrected chi connectivity index (χ4v) is 14.7. The lowest BCUT2D eigenvalue weighted by Gasteiger charge is -2.21. The molecule has 42 heteroatoms. The van der Waals surface area contributed by atoms with Gasteiger partial charge in [0.05, 0.1) is 52.7 Å². The van der Waals surface area contributed by atoms with Crippen LogP contribution in [-0.2, 0) is 57.0 Å². The lowest BCUT2D eigenvalue weighted by molar-refractivity contribution is -0.158. The molecule has 0 aliphatic carbocycles. The minimum Gasteiger partial charge on any atom is -0.478 e. The SMILES string of the molecule is CCNC(=O)Nc1ncnc2c1ncn2C1OC(C(=O)Nc2ccccc2C(=O)O)C2O[C@H](/C=C/c3ccccc3)OC21.CCNC(=O)Nc1ncnc2c1ncn2C1OC(C(=O)Nc2ccccc2C(=O)O)C2O[C@H](c3ccccc3)OC21.CCNC(=O)Nc1ncnc2c1ncn2C1OC(C(=O)Nc2ccccc2C(=O)O)C2O[C@H](c3ccccc3)OC21. The van der Waals surface area contributed by atoms with Crippen LogP contribution in [0.15, 0.2) is 208 Å². The summed E-state index contributed by atoms with van der Waals surface area (Å²) in [5.74, 6) is -4.80. The van der Waals surface area contributed by atoms with Crippen molar-refractivity contribution in [3.8, 4) is 0 Å². The molecule has 125 heavy (non-hydrogen) atoms. The summed E-state index contributed by atoms with van der Waals surface area (Å²) in [6, 6.07) is 45.0. The summed E-state index contributed by atoms with van der Waals surface area (Å²) in [5.41, 5.74) is 4.50. The molecule has 6 aliphatic heterocycles. The second-order valence-corrected chi connectivity index (χ2v) is 28.2. The highest BCUT2D eigenvalue weighted by Gasteiger charge is 2.60. The van der Waals surface area contributed by atoms with Crippen LogP contribution in [0.4, 0.5) is 48.9 Å². The van der Waals surface area contributed by atoms with Gasteiger partial charge in [0.2, 0.25) is 0 Å². The second kappa shape index (κ2) is 37.1. The monoisotopic (exact) mass is 1700 g/mol. The molecule has 0 bridgehead atoms. The summed E-state index contributed by atoms with van der Waals surface area (Å²) >= 11 is 0. The highest BCUT2D eigenvalue weighted by molar-refractivity contribution is 6.05. The van der Waals surface area contributed by atoms with Crippen LogP contribution in [0.5, 0.6) is 0 Å². The van der Waals surface area contributed by atoms with E-state index < -0.39 is 146 Å². The normalized spacial score (nSPS) is 23.1. The Labute approximate surface area is 706 Å². The Hall–Kier alpha value is -15.0. The largest absolute Gasteiger partial charge is 0.478 e. The molecular formula is C83H77N21O21. The number of benzene rings is 6. The molecule has 12 N–H and O–H groups in total. The molecule has 9 amide bonds. The fourth-order valence-electron chi connectivity index (χ4n) is 14.7. The van der Waals surface area contributed by atoms with Crippen LogP contribution in [-0.4, -0.2) is 208 Å². The summed E-state index contributed by atoms with van der Waals surface area (Å²) in [6.45, 7) is 6.64. The second-order valence-electron chi connectivity index (χ2n) is 28.2. The molecule has 640 valence electrons. The number of carboxylic acid groups (broad SMARTS) is 3. The Morgan fingerprint density at radius 3 is 0.976 bits per heavy atom. The molecule has 18 rings (SSSR count). The van der Waals surface area contributed by atoms with E-state index in [1.54, 1.807) is 76.9 Å². The zero-order chi connectivity index (χ0) is 86.9. The first-order chi connectivity index (χ1) is 60.8. The number of rotatable bonds is 22. The molecule has 15 atom stereocenters. The van der Waals surface area contributed by atoms with Gasteiger partial charge in [-0.05, 0) is 68.8 Å². The van der Waals surface area contributed by atoms with E-state index in [1.165, 1.54) is 74.4 Å². The van der Waals surface area contributed by atoms with Crippen molar-refractivity contribution in [2.45, 2.75) is 113 Å². The van der Waals surface area contributed by atoms with Crippen LogP contribution in [0.2, 0.25) is 0 Å². The molecule has 12 aromatic rings. The quantitative estimate of drug-likeness (QED) is 0.0303. The topological polar surface area (TPSA) is 536 Å². The number of hydrogen-bond acceptors (Lipinski definition) is 27. The van der Waals surface area contributed by atoms with Crippen LogP contribution in [0, 0.1) is 0 Å². The van der Waals surface area contributed by atoms with Crippen LogP contribution in [0.1, 0.15) is 99.8 Å². The molecule has 0 saturated carbocycles. The number of fused-ring (bicyclic) bond motifs is 6. The number of nitrogens with zero attached hydrogens (tertiary/aromatic N) is 12. The van der Waals surface area contributed by atoms with Crippen molar-refractivity contribution in [3.05, 3.63) is 241 Å². The van der Waals surface area contributed by atoms with Crippen LogP contribution >= 0.6 is 0 Å². The summed E-state index contributed by atoms with van der Waals surface area (Å²) < 4.78 is 60.8. The van der Waals surface area contributed by atoms with Crippen molar-refractivity contribution in [2.75, 3.05) is 51.5 Å². The van der Waals surface area contributed by atoms with Gasteiger partial charge in [-0.15, -0.1) is 0 Å². The van der Waals surface area contributed by atoms with E-state index >= 15 is 0 Å². The molecular weight excluding hydrogens is 1630 g/mol. The van der Waals surface area contributed by atoms with Gasteiger partial charge >= 0.3 is 36.0 Å². The fraction of sp³-hybridized carbons (Fsp3) is 0.253. The number of amides is 9. The molecule has 42 nitrogen and oxygen atoms in total. The van der Waals surface area contributed by atoms with Crippen molar-refractivity contribution >= 4 is 128 Å². The van der Waals surface area contributed by atoms with Gasteiger partial charge in [-0.25, -0.2) is 73.6 Å². The predicted octanol–water partition coefficient (Wildman–Crippen LogP) is 8.40. The number of carboxylic acids is 3. The number of aromatic carboxylic acids is 3. The molecule has 0 radical (unpaired) electrons. The standard InChI is InChI=1S/C29H27N7O7.2C27H25N7O7/c1-2-30-29(40)35-24-20-25(32-14-31-24)36(15-33-20)27-23-21(41-19(42-23)13-12-16-8-4-3-5-9-16)22(43-27)26(37)34-18-11-7-6-10-17(18)28(38)39;2*1-2-28-27(38)33-21-17-22(30-12-29-21)34(13-31-17)24-20-18(40-26(41-20)14-8-4-3-5-9-14)19(39-24)23(35)32-16-11-7-6-10-15(16)25(36)37/h3-15,19,21-23,27H,2H2,1H3,(H,34,37)(H,38,39)(H2,30,31,32,35,40);2*3-13,18-20,24,26H,2H2,1H3,(H,32,35)(H,36,37)(H2,28,29,30,33,38)/b13-12+;;/t19-,21?,22?,23?,27?;2*18?,19?,20?,24?,26-/m000/s1. The first kappa shape index (κ1) is 83.6. The average Bonchev–Trinajstić information content (AvgIpc) is 1.60. The average molecular weight is 1700 g/mol. The first-order valence-corrected chi connectivity index (χ1v) is 39.1. The molecule has 12 unspecified atom stereocenters. The number of carbonyl (C=O) groups is 9. The Morgan fingerprint density at radius 1 is 0.344 bits per heavy atom. The van der Waals surface area contributed by atoms with E-state index in [0.29, 0.717) is 53.1 Å². The number of urea groups is 3. The highest BCUT2D eigenvalue weighted by atomic mass is 16.8. The Bertz CT molecular complexity index is 5830. The van der Waals surface area contributed by atoms with Gasteiger partial charge in [0.15, 0.2) is 107 Å². The Balaban J connectivity index is 0.000000138. The number of nitrogens with one attached hydrogen (secondary N) is 9. The number of hydrogen-bond donors (Lipinski definition) is 12. The van der Waals surface area contributed by atoms with E-state index in [2.05, 4.69) is 92.7 Å². The number of anilines is 6. The van der Waals surface area contributed by atoms with Crippen molar-refractivity contribution in [3.63, 3.8) is 0 Å². The third-order valence-electron chi connectivity index (χ3n) is 20.3. The minimum atomic E-state index is -1.19. The molecule has 6 saturated heterocycles. The van der Waals surface area contributed by atoms with Gasteiger partial charge in [0, 0.05) is 30.8 Å². The van der Waals surface area contributed by atoms with Gasteiger partial charge in [-0.3, -0.25) is 44.0 Å². The maximum atomic E-state index is 13.5. The Kier molecular flexibility index (Phi) is 24.8. The van der Waals surface area contributed by atoms with Gasteiger partial charge in [0.25, 0.3) is 17.7 Å². The summed E-state index contributed by atoms with van der Waals surface area (Å²) in [7, 11) is 0. The number of aromatic nitrogens is 12. The molecule has 12 heterocycles. The number of imidazole rings is 3.